The largest absolute Gasteiger partial charge is 0.486 e. The van der Waals surface area contributed by atoms with E-state index in [-0.39, 0.29) is 5.82 Å². The van der Waals surface area contributed by atoms with Crippen molar-refractivity contribution >= 4 is 17.4 Å². The Morgan fingerprint density at radius 1 is 1.00 bits per heavy atom. The molecule has 0 bridgehead atoms. The molecule has 0 spiro atoms. The summed E-state index contributed by atoms with van der Waals surface area (Å²) in [4.78, 5) is 1.15. The molecule has 0 saturated heterocycles. The Morgan fingerprint density at radius 3 is 2.57 bits per heavy atom. The summed E-state index contributed by atoms with van der Waals surface area (Å²) >= 11 is 1.74. The lowest BCUT2D eigenvalue weighted by atomic mass is 10.3. The van der Waals surface area contributed by atoms with Crippen molar-refractivity contribution in [2.75, 3.05) is 30.8 Å². The van der Waals surface area contributed by atoms with Gasteiger partial charge in [-0.15, -0.1) is 11.8 Å². The second-order valence-corrected chi connectivity index (χ2v) is 5.76. The fraction of sp³-hybridized carbons (Fsp3) is 0.250. The molecule has 1 heterocycles. The van der Waals surface area contributed by atoms with Gasteiger partial charge in [0.25, 0.3) is 0 Å². The average molecular weight is 305 g/mol. The molecular weight excluding hydrogens is 289 g/mol. The maximum atomic E-state index is 12.8. The molecule has 0 saturated carbocycles. The minimum atomic E-state index is -0.216. The van der Waals surface area contributed by atoms with Crippen molar-refractivity contribution in [1.29, 1.82) is 0 Å². The van der Waals surface area contributed by atoms with E-state index in [2.05, 4.69) is 5.32 Å². The average Bonchev–Trinajstić information content (AvgIpc) is 2.53. The maximum Gasteiger partial charge on any atom is 0.162 e. The highest BCUT2D eigenvalue weighted by atomic mass is 32.2. The van der Waals surface area contributed by atoms with Crippen molar-refractivity contribution in [3.05, 3.63) is 48.3 Å². The normalized spacial score (nSPS) is 13.0. The first-order valence-electron chi connectivity index (χ1n) is 6.83. The van der Waals surface area contributed by atoms with Crippen molar-refractivity contribution in [2.24, 2.45) is 0 Å². The van der Waals surface area contributed by atoms with E-state index in [1.54, 1.807) is 23.9 Å². The Hall–Kier alpha value is -1.88. The van der Waals surface area contributed by atoms with Gasteiger partial charge in [0.05, 0.1) is 0 Å². The van der Waals surface area contributed by atoms with Crippen LogP contribution < -0.4 is 14.8 Å². The van der Waals surface area contributed by atoms with Gasteiger partial charge in [-0.1, -0.05) is 0 Å². The zero-order valence-electron chi connectivity index (χ0n) is 11.5. The molecule has 0 atom stereocenters. The van der Waals surface area contributed by atoms with E-state index in [1.807, 2.05) is 18.2 Å². The lowest BCUT2D eigenvalue weighted by Gasteiger charge is -2.18. The molecule has 5 heteroatoms. The topological polar surface area (TPSA) is 30.5 Å². The van der Waals surface area contributed by atoms with Gasteiger partial charge in [0.15, 0.2) is 11.5 Å². The number of rotatable bonds is 5. The van der Waals surface area contributed by atoms with Crippen LogP contribution in [0.3, 0.4) is 0 Å². The van der Waals surface area contributed by atoms with Gasteiger partial charge in [-0.3, -0.25) is 0 Å². The van der Waals surface area contributed by atoms with Gasteiger partial charge in [0.1, 0.15) is 19.0 Å². The zero-order chi connectivity index (χ0) is 14.5. The number of hydrogen-bond acceptors (Lipinski definition) is 4. The van der Waals surface area contributed by atoms with Gasteiger partial charge in [0, 0.05) is 22.9 Å². The number of benzene rings is 2. The molecule has 1 N–H and O–H groups in total. The number of halogens is 1. The molecule has 3 rings (SSSR count). The predicted molar refractivity (Wildman–Crippen MR) is 83.0 cm³/mol. The number of anilines is 1. The number of fused-ring (bicyclic) bond motifs is 1. The maximum absolute atomic E-state index is 12.8. The van der Waals surface area contributed by atoms with E-state index in [0.717, 1.165) is 34.4 Å². The van der Waals surface area contributed by atoms with Crippen LogP contribution >= 0.6 is 11.8 Å². The van der Waals surface area contributed by atoms with Crippen molar-refractivity contribution in [2.45, 2.75) is 4.90 Å². The van der Waals surface area contributed by atoms with Crippen LogP contribution in [0.2, 0.25) is 0 Å². The van der Waals surface area contributed by atoms with E-state index in [0.29, 0.717) is 13.2 Å². The summed E-state index contributed by atoms with van der Waals surface area (Å²) in [7, 11) is 0. The Balaban J connectivity index is 1.48. The summed E-state index contributed by atoms with van der Waals surface area (Å²) in [5, 5.41) is 3.26. The van der Waals surface area contributed by atoms with Crippen molar-refractivity contribution in [3.63, 3.8) is 0 Å². The van der Waals surface area contributed by atoms with Crippen LogP contribution in [0.25, 0.3) is 0 Å². The second-order valence-electron chi connectivity index (χ2n) is 4.59. The van der Waals surface area contributed by atoms with Crippen molar-refractivity contribution in [3.8, 4) is 11.5 Å². The third-order valence-electron chi connectivity index (χ3n) is 3.06. The number of ether oxygens (including phenoxy) is 2. The summed E-state index contributed by atoms with van der Waals surface area (Å²) in [6.07, 6.45) is 0. The van der Waals surface area contributed by atoms with E-state index in [9.17, 15) is 4.39 Å². The van der Waals surface area contributed by atoms with E-state index in [4.69, 9.17) is 9.47 Å². The molecule has 110 valence electrons. The van der Waals surface area contributed by atoms with Crippen LogP contribution in [0.1, 0.15) is 0 Å². The Kier molecular flexibility index (Phi) is 4.50. The Bertz CT molecular complexity index is 604. The zero-order valence-corrected chi connectivity index (χ0v) is 12.3. The van der Waals surface area contributed by atoms with Crippen LogP contribution in [0.15, 0.2) is 47.4 Å². The molecule has 21 heavy (non-hydrogen) atoms. The van der Waals surface area contributed by atoms with E-state index in [1.165, 1.54) is 12.1 Å². The highest BCUT2D eigenvalue weighted by Crippen LogP contribution is 2.34. The summed E-state index contributed by atoms with van der Waals surface area (Å²) < 4.78 is 23.8. The fourth-order valence-corrected chi connectivity index (χ4v) is 2.84. The smallest absolute Gasteiger partial charge is 0.162 e. The fourth-order valence-electron chi connectivity index (χ4n) is 2.05. The molecule has 1 aliphatic heterocycles. The Morgan fingerprint density at radius 2 is 1.76 bits per heavy atom. The van der Waals surface area contributed by atoms with Crippen molar-refractivity contribution < 1.29 is 13.9 Å². The van der Waals surface area contributed by atoms with Crippen LogP contribution in [0.4, 0.5) is 10.1 Å². The molecule has 1 aliphatic rings. The minimum absolute atomic E-state index is 0.216. The minimum Gasteiger partial charge on any atom is -0.486 e. The lowest BCUT2D eigenvalue weighted by Crippen LogP contribution is -2.15. The van der Waals surface area contributed by atoms with E-state index < -0.39 is 0 Å². The molecule has 0 radical (unpaired) electrons. The first-order chi connectivity index (χ1) is 10.3. The van der Waals surface area contributed by atoms with Gasteiger partial charge in [-0.2, -0.15) is 0 Å². The molecule has 0 fully saturated rings. The van der Waals surface area contributed by atoms with Crippen LogP contribution in [-0.4, -0.2) is 25.5 Å². The SMILES string of the molecule is Fc1ccc(NCCSc2ccc3c(c2)OCCO3)cc1. The molecule has 0 unspecified atom stereocenters. The number of thioether (sulfide) groups is 1. The Labute approximate surface area is 127 Å². The predicted octanol–water partition coefficient (Wildman–Crippen LogP) is 3.80. The molecule has 3 nitrogen and oxygen atoms in total. The summed E-state index contributed by atoms with van der Waals surface area (Å²) in [6.45, 7) is 2.03. The van der Waals surface area contributed by atoms with Crippen LogP contribution in [0, 0.1) is 5.82 Å². The van der Waals surface area contributed by atoms with Gasteiger partial charge in [-0.25, -0.2) is 4.39 Å². The first-order valence-corrected chi connectivity index (χ1v) is 7.82. The van der Waals surface area contributed by atoms with Crippen molar-refractivity contribution in [1.82, 2.24) is 0 Å². The lowest BCUT2D eigenvalue weighted by molar-refractivity contribution is 0.171. The van der Waals surface area contributed by atoms with Gasteiger partial charge in [-0.05, 0) is 42.5 Å². The van der Waals surface area contributed by atoms with Crippen LogP contribution in [-0.2, 0) is 0 Å². The summed E-state index contributed by atoms with van der Waals surface area (Å²) in [6, 6.07) is 12.4. The molecule has 2 aromatic rings. The first kappa shape index (κ1) is 14.1. The third-order valence-corrected chi connectivity index (χ3v) is 4.05. The van der Waals surface area contributed by atoms with Crippen LogP contribution in [0.5, 0.6) is 11.5 Å². The summed E-state index contributed by atoms with van der Waals surface area (Å²) in [5.74, 6) is 2.33. The summed E-state index contributed by atoms with van der Waals surface area (Å²) in [5.41, 5.74) is 0.930. The van der Waals surface area contributed by atoms with E-state index >= 15 is 0 Å². The monoisotopic (exact) mass is 305 g/mol. The standard InChI is InChI=1S/C16H16FNO2S/c17-12-1-3-13(4-2-12)18-7-10-21-14-5-6-15-16(11-14)20-9-8-19-15/h1-6,11,18H,7-10H2. The molecule has 2 aromatic carbocycles. The highest BCUT2D eigenvalue weighted by molar-refractivity contribution is 7.99. The highest BCUT2D eigenvalue weighted by Gasteiger charge is 2.11. The van der Waals surface area contributed by atoms with Gasteiger partial charge >= 0.3 is 0 Å². The van der Waals surface area contributed by atoms with Gasteiger partial charge < -0.3 is 14.8 Å². The third kappa shape index (κ3) is 3.82. The quantitative estimate of drug-likeness (QED) is 0.672. The number of hydrogen-bond donors (Lipinski definition) is 1. The molecule has 0 amide bonds. The second kappa shape index (κ2) is 6.72. The molecule has 0 aromatic heterocycles. The molecule has 0 aliphatic carbocycles. The molecular formula is C16H16FNO2S. The van der Waals surface area contributed by atoms with Gasteiger partial charge in [0.2, 0.25) is 0 Å². The number of nitrogens with one attached hydrogen (secondary N) is 1.